The maximum Gasteiger partial charge on any atom is 0.416 e. The summed E-state index contributed by atoms with van der Waals surface area (Å²) >= 11 is 6.46. The molecule has 3 rings (SSSR count). The molecule has 0 heterocycles. The van der Waals surface area contributed by atoms with Crippen LogP contribution in [0.4, 0.5) is 18.0 Å². The molecular weight excluding hydrogens is 507 g/mol. The molecule has 0 N–H and O–H groups in total. The van der Waals surface area contributed by atoms with Gasteiger partial charge in [0, 0.05) is 29.6 Å². The number of amides is 1. The van der Waals surface area contributed by atoms with E-state index in [2.05, 4.69) is 0 Å². The molecule has 3 aromatic rings. The number of hydrogen-bond donors (Lipinski definition) is 0. The van der Waals surface area contributed by atoms with Gasteiger partial charge in [-0.05, 0) is 36.6 Å². The van der Waals surface area contributed by atoms with Crippen LogP contribution in [0.3, 0.4) is 0 Å². The second-order valence-electron chi connectivity index (χ2n) is 8.34. The second kappa shape index (κ2) is 12.1. The highest BCUT2D eigenvalue weighted by molar-refractivity contribution is 6.33. The van der Waals surface area contributed by atoms with Gasteiger partial charge in [0.15, 0.2) is 0 Å². The molecule has 0 spiro atoms. The Morgan fingerprint density at radius 1 is 1.03 bits per heavy atom. The van der Waals surface area contributed by atoms with Crippen LogP contribution < -0.4 is 0 Å². The van der Waals surface area contributed by atoms with Crippen LogP contribution in [0.15, 0.2) is 66.7 Å². The van der Waals surface area contributed by atoms with E-state index in [-0.39, 0.29) is 35.8 Å². The van der Waals surface area contributed by atoms with Gasteiger partial charge in [0.25, 0.3) is 0 Å². The number of rotatable bonds is 8. The molecule has 0 aliphatic heterocycles. The summed E-state index contributed by atoms with van der Waals surface area (Å²) < 4.78 is 53.3. The summed E-state index contributed by atoms with van der Waals surface area (Å²) in [4.78, 5) is 26.0. The van der Waals surface area contributed by atoms with E-state index >= 15 is 0 Å². The fourth-order valence-electron chi connectivity index (χ4n) is 4.11. The van der Waals surface area contributed by atoms with Crippen molar-refractivity contribution in [3.63, 3.8) is 0 Å². The predicted octanol–water partition coefficient (Wildman–Crippen LogP) is 7.81. The van der Waals surface area contributed by atoms with Crippen LogP contribution in [0.2, 0.25) is 5.02 Å². The Kier molecular flexibility index (Phi) is 9.21. The van der Waals surface area contributed by atoms with Crippen molar-refractivity contribution in [3.8, 4) is 11.1 Å². The molecule has 196 valence electrons. The fourth-order valence-corrected chi connectivity index (χ4v) is 4.45. The highest BCUT2D eigenvalue weighted by Gasteiger charge is 2.39. The summed E-state index contributed by atoms with van der Waals surface area (Å²) in [6, 6.07) is 18.5. The molecule has 0 fully saturated rings. The largest absolute Gasteiger partial charge is 0.458 e. The smallest absolute Gasteiger partial charge is 0.416 e. The zero-order valence-electron chi connectivity index (χ0n) is 20.6. The van der Waals surface area contributed by atoms with Gasteiger partial charge in [-0.3, -0.25) is 4.79 Å². The topological polar surface area (TPSA) is 55.8 Å². The SMILES string of the molecule is CCN(Cc1c(-c2ccccc2)c(Cl)cc(C(F)(F)F)c1C(C)OC(C)=O)C(=O)OCc1ccccc1. The normalized spacial score (nSPS) is 12.1. The van der Waals surface area contributed by atoms with Crippen molar-refractivity contribution >= 4 is 23.7 Å². The lowest BCUT2D eigenvalue weighted by atomic mass is 9.88. The first-order chi connectivity index (χ1) is 17.5. The van der Waals surface area contributed by atoms with Gasteiger partial charge in [-0.15, -0.1) is 0 Å². The van der Waals surface area contributed by atoms with Crippen molar-refractivity contribution in [3.05, 3.63) is 94.0 Å². The zero-order valence-corrected chi connectivity index (χ0v) is 21.4. The van der Waals surface area contributed by atoms with Crippen LogP contribution in [0.5, 0.6) is 0 Å². The molecule has 1 amide bonds. The number of alkyl halides is 3. The van der Waals surface area contributed by atoms with Gasteiger partial charge < -0.3 is 14.4 Å². The van der Waals surface area contributed by atoms with Gasteiger partial charge in [0.1, 0.15) is 12.7 Å². The number of hydrogen-bond acceptors (Lipinski definition) is 4. The van der Waals surface area contributed by atoms with E-state index in [1.54, 1.807) is 61.5 Å². The van der Waals surface area contributed by atoms with Crippen molar-refractivity contribution in [2.75, 3.05) is 6.54 Å². The first kappa shape index (κ1) is 28.1. The number of carbonyl (C=O) groups excluding carboxylic acids is 2. The Morgan fingerprint density at radius 3 is 2.16 bits per heavy atom. The number of halogens is 4. The molecule has 0 bridgehead atoms. The maximum absolute atomic E-state index is 14.2. The van der Waals surface area contributed by atoms with Gasteiger partial charge in [0.05, 0.1) is 12.1 Å². The number of carbonyl (C=O) groups is 2. The second-order valence-corrected chi connectivity index (χ2v) is 8.75. The summed E-state index contributed by atoms with van der Waals surface area (Å²) in [5, 5.41) is -0.138. The van der Waals surface area contributed by atoms with Crippen molar-refractivity contribution in [2.45, 2.75) is 46.2 Å². The summed E-state index contributed by atoms with van der Waals surface area (Å²) in [7, 11) is 0. The van der Waals surface area contributed by atoms with Crippen molar-refractivity contribution in [2.24, 2.45) is 0 Å². The Balaban J connectivity index is 2.14. The third-order valence-electron chi connectivity index (χ3n) is 5.74. The quantitative estimate of drug-likeness (QED) is 0.277. The maximum atomic E-state index is 14.2. The van der Waals surface area contributed by atoms with Crippen LogP contribution in [-0.2, 0) is 33.6 Å². The van der Waals surface area contributed by atoms with Crippen LogP contribution in [-0.4, -0.2) is 23.5 Å². The highest BCUT2D eigenvalue weighted by atomic mass is 35.5. The molecule has 0 saturated heterocycles. The van der Waals surface area contributed by atoms with Gasteiger partial charge in [-0.25, -0.2) is 4.79 Å². The van der Waals surface area contributed by atoms with E-state index in [4.69, 9.17) is 21.1 Å². The predicted molar refractivity (Wildman–Crippen MR) is 135 cm³/mol. The van der Waals surface area contributed by atoms with Crippen LogP contribution in [0, 0.1) is 0 Å². The summed E-state index contributed by atoms with van der Waals surface area (Å²) in [5.74, 6) is -0.739. The molecular formula is C28H27ClF3NO4. The average molecular weight is 534 g/mol. The minimum absolute atomic E-state index is 0.00176. The van der Waals surface area contributed by atoms with Crippen LogP contribution >= 0.6 is 11.6 Å². The molecule has 1 atom stereocenters. The standard InChI is InChI=1S/C28H27ClF3NO4/c1-4-33(27(35)36-17-20-11-7-5-8-12-20)16-22-25(18(2)37-19(3)34)23(28(30,31)32)15-24(29)26(22)21-13-9-6-10-14-21/h5-15,18H,4,16-17H2,1-3H3. The molecule has 0 radical (unpaired) electrons. The number of nitrogens with zero attached hydrogens (tertiary/aromatic N) is 1. The summed E-state index contributed by atoms with van der Waals surface area (Å²) in [6.45, 7) is 4.08. The van der Waals surface area contributed by atoms with Gasteiger partial charge in [-0.2, -0.15) is 13.2 Å². The fraction of sp³-hybridized carbons (Fsp3) is 0.286. The Morgan fingerprint density at radius 2 is 1.62 bits per heavy atom. The summed E-state index contributed by atoms with van der Waals surface area (Å²) in [6.07, 6.45) is -6.75. The number of benzene rings is 3. The molecule has 3 aromatic carbocycles. The lowest BCUT2D eigenvalue weighted by Crippen LogP contribution is -2.32. The van der Waals surface area contributed by atoms with E-state index in [0.717, 1.165) is 18.6 Å². The third-order valence-corrected chi connectivity index (χ3v) is 6.04. The minimum atomic E-state index is -4.79. The minimum Gasteiger partial charge on any atom is -0.458 e. The van der Waals surface area contributed by atoms with Gasteiger partial charge >= 0.3 is 18.2 Å². The Labute approximate surface area is 218 Å². The molecule has 0 aliphatic carbocycles. The van der Waals surface area contributed by atoms with E-state index in [1.165, 1.54) is 11.8 Å². The molecule has 5 nitrogen and oxygen atoms in total. The monoisotopic (exact) mass is 533 g/mol. The Bertz CT molecular complexity index is 1230. The molecule has 0 saturated carbocycles. The Hall–Kier alpha value is -3.52. The van der Waals surface area contributed by atoms with E-state index in [0.29, 0.717) is 11.1 Å². The van der Waals surface area contributed by atoms with Crippen LogP contribution in [0.25, 0.3) is 11.1 Å². The molecule has 37 heavy (non-hydrogen) atoms. The van der Waals surface area contributed by atoms with Crippen LogP contribution in [0.1, 0.15) is 49.1 Å². The van der Waals surface area contributed by atoms with Gasteiger partial charge in [0.2, 0.25) is 0 Å². The van der Waals surface area contributed by atoms with Gasteiger partial charge in [-0.1, -0.05) is 72.3 Å². The first-order valence-corrected chi connectivity index (χ1v) is 12.0. The van der Waals surface area contributed by atoms with Crippen molar-refractivity contribution in [1.29, 1.82) is 0 Å². The molecule has 9 heteroatoms. The van der Waals surface area contributed by atoms with E-state index in [1.807, 2.05) is 6.07 Å². The molecule has 0 aliphatic rings. The van der Waals surface area contributed by atoms with E-state index in [9.17, 15) is 22.8 Å². The third kappa shape index (κ3) is 7.04. The number of ether oxygens (including phenoxy) is 2. The average Bonchev–Trinajstić information content (AvgIpc) is 2.85. The highest BCUT2D eigenvalue weighted by Crippen LogP contribution is 2.45. The lowest BCUT2D eigenvalue weighted by Gasteiger charge is -2.29. The van der Waals surface area contributed by atoms with Crippen molar-refractivity contribution < 1.29 is 32.2 Å². The number of esters is 1. The lowest BCUT2D eigenvalue weighted by molar-refractivity contribution is -0.149. The first-order valence-electron chi connectivity index (χ1n) is 11.6. The van der Waals surface area contributed by atoms with Crippen molar-refractivity contribution in [1.82, 2.24) is 4.90 Å². The zero-order chi connectivity index (χ0) is 27.2. The summed E-state index contributed by atoms with van der Waals surface area (Å²) in [5.41, 5.74) is 0.469. The molecule has 0 aromatic heterocycles. The molecule has 1 unspecified atom stereocenters. The van der Waals surface area contributed by atoms with E-state index < -0.39 is 29.9 Å².